The lowest BCUT2D eigenvalue weighted by Crippen LogP contribution is -1.95. The van der Waals surface area contributed by atoms with Gasteiger partial charge in [0.25, 0.3) is 0 Å². The van der Waals surface area contributed by atoms with E-state index in [1.807, 2.05) is 24.3 Å². The van der Waals surface area contributed by atoms with Crippen LogP contribution in [0.4, 0.5) is 0 Å². The first-order valence-electron chi connectivity index (χ1n) is 4.62. The van der Waals surface area contributed by atoms with Gasteiger partial charge in [-0.3, -0.25) is 4.98 Å². The Kier molecular flexibility index (Phi) is 1.59. The Hall–Kier alpha value is -2.16. The maximum Gasteiger partial charge on any atom is 0.336 e. The number of nitrogens with zero attached hydrogens (tertiary/aromatic N) is 1. The van der Waals surface area contributed by atoms with E-state index in [0.717, 1.165) is 10.8 Å². The van der Waals surface area contributed by atoms with E-state index in [1.165, 1.54) is 6.07 Å². The van der Waals surface area contributed by atoms with Crippen LogP contribution in [-0.4, -0.2) is 4.98 Å². The number of rotatable bonds is 0. The van der Waals surface area contributed by atoms with Crippen LogP contribution in [-0.2, 0) is 0 Å². The quantitative estimate of drug-likeness (QED) is 0.519. The van der Waals surface area contributed by atoms with Gasteiger partial charge in [-0.15, -0.1) is 0 Å². The van der Waals surface area contributed by atoms with E-state index in [-0.39, 0.29) is 5.63 Å². The van der Waals surface area contributed by atoms with Crippen molar-refractivity contribution < 1.29 is 4.42 Å². The molecule has 0 spiro atoms. The van der Waals surface area contributed by atoms with Gasteiger partial charge in [-0.25, -0.2) is 4.79 Å². The molecule has 1 aromatic carbocycles. The Morgan fingerprint density at radius 1 is 1.07 bits per heavy atom. The van der Waals surface area contributed by atoms with Gasteiger partial charge in [-0.2, -0.15) is 0 Å². The summed E-state index contributed by atoms with van der Waals surface area (Å²) in [4.78, 5) is 15.4. The molecule has 2 aromatic heterocycles. The van der Waals surface area contributed by atoms with Gasteiger partial charge in [0.1, 0.15) is 5.52 Å². The lowest BCUT2D eigenvalue weighted by molar-refractivity contribution is 0.563. The lowest BCUT2D eigenvalue weighted by atomic mass is 10.1. The fourth-order valence-electron chi connectivity index (χ4n) is 1.66. The number of pyridine rings is 1. The molecule has 0 saturated carbocycles. The predicted octanol–water partition coefficient (Wildman–Crippen LogP) is 2.34. The van der Waals surface area contributed by atoms with Gasteiger partial charge in [-0.05, 0) is 6.07 Å². The molecule has 0 amide bonds. The summed E-state index contributed by atoms with van der Waals surface area (Å²) in [5.74, 6) is 0. The summed E-state index contributed by atoms with van der Waals surface area (Å²) in [7, 11) is 0. The Labute approximate surface area is 85.0 Å². The summed E-state index contributed by atoms with van der Waals surface area (Å²) >= 11 is 0. The highest BCUT2D eigenvalue weighted by Crippen LogP contribution is 2.21. The third-order valence-electron chi connectivity index (χ3n) is 2.36. The van der Waals surface area contributed by atoms with Crippen molar-refractivity contribution in [3.63, 3.8) is 0 Å². The van der Waals surface area contributed by atoms with Crippen LogP contribution in [0.25, 0.3) is 21.9 Å². The molecule has 0 radical (unpaired) electrons. The first-order chi connectivity index (χ1) is 7.34. The highest BCUT2D eigenvalue weighted by Gasteiger charge is 2.03. The zero-order chi connectivity index (χ0) is 10.3. The molecule has 3 nitrogen and oxygen atoms in total. The van der Waals surface area contributed by atoms with Crippen molar-refractivity contribution in [3.8, 4) is 0 Å². The second kappa shape index (κ2) is 2.92. The van der Waals surface area contributed by atoms with E-state index < -0.39 is 0 Å². The predicted molar refractivity (Wildman–Crippen MR) is 57.8 cm³/mol. The summed E-state index contributed by atoms with van der Waals surface area (Å²) in [5, 5.41) is 1.89. The zero-order valence-electron chi connectivity index (χ0n) is 7.81. The second-order valence-electron chi connectivity index (χ2n) is 3.31. The summed E-state index contributed by atoms with van der Waals surface area (Å²) < 4.78 is 5.16. The molecular formula is C12H7NO2. The molecule has 0 aliphatic rings. The van der Waals surface area contributed by atoms with Crippen molar-refractivity contribution in [2.75, 3.05) is 0 Å². The van der Waals surface area contributed by atoms with E-state index in [2.05, 4.69) is 4.98 Å². The number of aromatic nitrogens is 1. The standard InChI is InChI=1S/C12H7NO2/c14-11-6-5-10-12(15-11)9-4-2-1-3-8(9)7-13-10/h1-7H. The molecule has 15 heavy (non-hydrogen) atoms. The number of hydrogen-bond donors (Lipinski definition) is 0. The van der Waals surface area contributed by atoms with Gasteiger partial charge in [-0.1, -0.05) is 24.3 Å². The molecule has 3 heteroatoms. The first-order valence-corrected chi connectivity index (χ1v) is 4.62. The summed E-state index contributed by atoms with van der Waals surface area (Å²) in [6, 6.07) is 10.8. The lowest BCUT2D eigenvalue weighted by Gasteiger charge is -1.99. The number of fused-ring (bicyclic) bond motifs is 3. The number of benzene rings is 1. The molecule has 0 unspecified atom stereocenters. The van der Waals surface area contributed by atoms with E-state index in [9.17, 15) is 4.79 Å². The molecule has 3 aromatic rings. The monoisotopic (exact) mass is 197 g/mol. The number of hydrogen-bond acceptors (Lipinski definition) is 3. The second-order valence-corrected chi connectivity index (χ2v) is 3.31. The zero-order valence-corrected chi connectivity index (χ0v) is 7.81. The Balaban J connectivity index is 2.63. The average molecular weight is 197 g/mol. The third-order valence-corrected chi connectivity index (χ3v) is 2.36. The first kappa shape index (κ1) is 8.17. The van der Waals surface area contributed by atoms with Gasteiger partial charge >= 0.3 is 5.63 Å². The molecule has 0 aliphatic heterocycles. The molecule has 72 valence electrons. The molecule has 0 N–H and O–H groups in total. The van der Waals surface area contributed by atoms with Crippen molar-refractivity contribution >= 4 is 21.9 Å². The van der Waals surface area contributed by atoms with Gasteiger partial charge in [0, 0.05) is 23.0 Å². The smallest absolute Gasteiger partial charge is 0.336 e. The van der Waals surface area contributed by atoms with Crippen LogP contribution in [0.2, 0.25) is 0 Å². The van der Waals surface area contributed by atoms with Crippen LogP contribution < -0.4 is 5.63 Å². The minimum atomic E-state index is -0.347. The summed E-state index contributed by atoms with van der Waals surface area (Å²) in [6.45, 7) is 0. The maximum atomic E-state index is 11.1. The fourth-order valence-corrected chi connectivity index (χ4v) is 1.66. The molecular weight excluding hydrogens is 190 g/mol. The minimum absolute atomic E-state index is 0.347. The van der Waals surface area contributed by atoms with Crippen LogP contribution in [0.1, 0.15) is 0 Å². The molecule has 0 atom stereocenters. The maximum absolute atomic E-state index is 11.1. The average Bonchev–Trinajstić information content (AvgIpc) is 2.29. The molecule has 0 bridgehead atoms. The summed E-state index contributed by atoms with van der Waals surface area (Å²) in [6.07, 6.45) is 1.78. The van der Waals surface area contributed by atoms with Crippen LogP contribution in [0.5, 0.6) is 0 Å². The highest BCUT2D eigenvalue weighted by atomic mass is 16.4. The van der Waals surface area contributed by atoms with Gasteiger partial charge in [0.2, 0.25) is 0 Å². The van der Waals surface area contributed by atoms with Gasteiger partial charge < -0.3 is 4.42 Å². The van der Waals surface area contributed by atoms with Crippen molar-refractivity contribution in [2.45, 2.75) is 0 Å². The van der Waals surface area contributed by atoms with Crippen LogP contribution >= 0.6 is 0 Å². The van der Waals surface area contributed by atoms with Gasteiger partial charge in [0.15, 0.2) is 5.58 Å². The minimum Gasteiger partial charge on any atom is -0.420 e. The normalized spacial score (nSPS) is 10.9. The van der Waals surface area contributed by atoms with Gasteiger partial charge in [0.05, 0.1) is 0 Å². The third kappa shape index (κ3) is 1.21. The molecule has 0 fully saturated rings. The Bertz CT molecular complexity index is 700. The molecule has 0 saturated heterocycles. The van der Waals surface area contributed by atoms with Crippen molar-refractivity contribution in [1.29, 1.82) is 0 Å². The van der Waals surface area contributed by atoms with Crippen LogP contribution in [0, 0.1) is 0 Å². The molecule has 0 aliphatic carbocycles. The van der Waals surface area contributed by atoms with E-state index in [4.69, 9.17) is 4.42 Å². The van der Waals surface area contributed by atoms with Crippen LogP contribution in [0.3, 0.4) is 0 Å². The topological polar surface area (TPSA) is 43.1 Å². The summed E-state index contributed by atoms with van der Waals surface area (Å²) in [5.41, 5.74) is 0.912. The molecule has 3 rings (SSSR count). The van der Waals surface area contributed by atoms with Crippen molar-refractivity contribution in [3.05, 3.63) is 53.0 Å². The molecule has 2 heterocycles. The fraction of sp³-hybridized carbons (Fsp3) is 0. The van der Waals surface area contributed by atoms with E-state index in [1.54, 1.807) is 12.3 Å². The van der Waals surface area contributed by atoms with Crippen molar-refractivity contribution in [2.24, 2.45) is 0 Å². The van der Waals surface area contributed by atoms with E-state index >= 15 is 0 Å². The van der Waals surface area contributed by atoms with E-state index in [0.29, 0.717) is 11.1 Å². The highest BCUT2D eigenvalue weighted by molar-refractivity contribution is 6.01. The Morgan fingerprint density at radius 2 is 1.93 bits per heavy atom. The van der Waals surface area contributed by atoms with Crippen molar-refractivity contribution in [1.82, 2.24) is 4.98 Å². The van der Waals surface area contributed by atoms with Crippen LogP contribution in [0.15, 0.2) is 51.8 Å². The SMILES string of the molecule is O=c1ccc2ncc3ccccc3c2o1. The Morgan fingerprint density at radius 3 is 2.87 bits per heavy atom. The largest absolute Gasteiger partial charge is 0.420 e.